The fourth-order valence-corrected chi connectivity index (χ4v) is 4.59. The van der Waals surface area contributed by atoms with Crippen LogP contribution in [0.25, 0.3) is 0 Å². The summed E-state index contributed by atoms with van der Waals surface area (Å²) >= 11 is 0. The van der Waals surface area contributed by atoms with E-state index in [0.717, 1.165) is 37.3 Å². The molecule has 1 atom stereocenters. The van der Waals surface area contributed by atoms with Crippen LogP contribution < -0.4 is 5.32 Å². The van der Waals surface area contributed by atoms with Gasteiger partial charge in [-0.2, -0.15) is 0 Å². The first-order chi connectivity index (χ1) is 11.5. The highest BCUT2D eigenvalue weighted by atomic mass is 32.2. The number of hydrogen-bond donors (Lipinski definition) is 1. The molecule has 2 aromatic carbocycles. The van der Waals surface area contributed by atoms with Crippen LogP contribution in [0.2, 0.25) is 0 Å². The van der Waals surface area contributed by atoms with E-state index in [-0.39, 0.29) is 5.75 Å². The van der Waals surface area contributed by atoms with E-state index in [9.17, 15) is 8.42 Å². The highest BCUT2D eigenvalue weighted by Crippen LogP contribution is 2.20. The summed E-state index contributed by atoms with van der Waals surface area (Å²) in [6.07, 6.45) is 0. The average molecular weight is 344 g/mol. The van der Waals surface area contributed by atoms with E-state index in [1.54, 1.807) is 24.3 Å². The number of rotatable bonds is 5. The molecule has 0 radical (unpaired) electrons. The van der Waals surface area contributed by atoms with E-state index < -0.39 is 9.84 Å². The lowest BCUT2D eigenvalue weighted by Gasteiger charge is -2.32. The summed E-state index contributed by atoms with van der Waals surface area (Å²) < 4.78 is 25.3. The van der Waals surface area contributed by atoms with Crippen molar-refractivity contribution in [3.05, 3.63) is 65.7 Å². The molecule has 1 aliphatic rings. The summed E-state index contributed by atoms with van der Waals surface area (Å²) in [7, 11) is -3.32. The summed E-state index contributed by atoms with van der Waals surface area (Å²) in [6.45, 7) is 5.93. The van der Waals surface area contributed by atoms with E-state index in [1.807, 2.05) is 30.3 Å². The number of benzene rings is 2. The first-order valence-corrected chi connectivity index (χ1v) is 10.0. The molecule has 24 heavy (non-hydrogen) atoms. The summed E-state index contributed by atoms with van der Waals surface area (Å²) in [4.78, 5) is 2.77. The zero-order valence-corrected chi connectivity index (χ0v) is 14.8. The third-order valence-corrected chi connectivity index (χ3v) is 6.09. The summed E-state index contributed by atoms with van der Waals surface area (Å²) in [5.74, 6) is 0.0504. The topological polar surface area (TPSA) is 49.4 Å². The molecule has 0 bridgehead atoms. The van der Waals surface area contributed by atoms with Gasteiger partial charge in [-0.3, -0.25) is 4.90 Å². The van der Waals surface area contributed by atoms with Crippen molar-refractivity contribution in [3.63, 3.8) is 0 Å². The maximum Gasteiger partial charge on any atom is 0.182 e. The molecule has 0 saturated carbocycles. The zero-order chi connectivity index (χ0) is 17.0. The molecule has 3 rings (SSSR count). The van der Waals surface area contributed by atoms with E-state index in [4.69, 9.17) is 0 Å². The highest BCUT2D eigenvalue weighted by Gasteiger charge is 2.20. The van der Waals surface area contributed by atoms with Gasteiger partial charge < -0.3 is 5.32 Å². The second kappa shape index (κ2) is 7.47. The number of piperazine rings is 1. The van der Waals surface area contributed by atoms with E-state index in [1.165, 1.54) is 0 Å². The Labute approximate surface area is 144 Å². The Morgan fingerprint density at radius 3 is 2.42 bits per heavy atom. The van der Waals surface area contributed by atoms with Crippen LogP contribution >= 0.6 is 0 Å². The second-order valence-electron chi connectivity index (χ2n) is 6.43. The second-order valence-corrected chi connectivity index (χ2v) is 8.42. The predicted octanol–water partition coefficient (Wildman–Crippen LogP) is 2.45. The van der Waals surface area contributed by atoms with Gasteiger partial charge in [0.25, 0.3) is 0 Å². The molecular formula is C19H24N2O2S. The molecule has 1 fully saturated rings. The minimum atomic E-state index is -3.32. The smallest absolute Gasteiger partial charge is 0.182 e. The van der Waals surface area contributed by atoms with Crippen LogP contribution in [0.4, 0.5) is 0 Å². The van der Waals surface area contributed by atoms with Crippen LogP contribution in [0.3, 0.4) is 0 Å². The monoisotopic (exact) mass is 344 g/mol. The first kappa shape index (κ1) is 17.1. The lowest BCUT2D eigenvalue weighted by molar-refractivity contribution is 0.199. The molecule has 0 aromatic heterocycles. The van der Waals surface area contributed by atoms with Gasteiger partial charge in [0.2, 0.25) is 0 Å². The van der Waals surface area contributed by atoms with Gasteiger partial charge in [0.1, 0.15) is 0 Å². The molecule has 1 saturated heterocycles. The van der Waals surface area contributed by atoms with Crippen LogP contribution in [-0.2, 0) is 22.1 Å². The zero-order valence-electron chi connectivity index (χ0n) is 14.0. The minimum Gasteiger partial charge on any atom is -0.312 e. The Balaban J connectivity index is 1.79. The van der Waals surface area contributed by atoms with Crippen molar-refractivity contribution in [1.82, 2.24) is 10.2 Å². The number of sulfone groups is 1. The predicted molar refractivity (Wildman–Crippen MR) is 96.5 cm³/mol. The summed E-state index contributed by atoms with van der Waals surface area (Å²) in [5, 5.41) is 3.43. The van der Waals surface area contributed by atoms with Crippen molar-refractivity contribution in [1.29, 1.82) is 0 Å². The standard InChI is InChI=1S/C19H24N2O2S/c1-16-13-21(12-11-20-16)14-17-7-5-6-8-18(17)15-24(22,23)19-9-3-2-4-10-19/h2-10,16,20H,11-15H2,1H3/t16-/m0/s1. The molecule has 5 heteroatoms. The molecule has 2 aromatic rings. The number of nitrogens with one attached hydrogen (secondary N) is 1. The molecule has 0 aliphatic carbocycles. The van der Waals surface area contributed by atoms with Gasteiger partial charge in [0.15, 0.2) is 9.84 Å². The Hall–Kier alpha value is -1.69. The van der Waals surface area contributed by atoms with Crippen LogP contribution in [-0.4, -0.2) is 39.0 Å². The Kier molecular flexibility index (Phi) is 5.33. The van der Waals surface area contributed by atoms with Gasteiger partial charge in [-0.15, -0.1) is 0 Å². The molecule has 128 valence electrons. The molecule has 4 nitrogen and oxygen atoms in total. The van der Waals surface area contributed by atoms with Gasteiger partial charge in [-0.05, 0) is 30.2 Å². The molecule has 1 aliphatic heterocycles. The van der Waals surface area contributed by atoms with Crippen molar-refractivity contribution in [3.8, 4) is 0 Å². The highest BCUT2D eigenvalue weighted by molar-refractivity contribution is 7.90. The lowest BCUT2D eigenvalue weighted by Crippen LogP contribution is -2.48. The van der Waals surface area contributed by atoms with Gasteiger partial charge in [0, 0.05) is 32.2 Å². The van der Waals surface area contributed by atoms with E-state index in [0.29, 0.717) is 10.9 Å². The normalized spacial score (nSPS) is 19.3. The maximum atomic E-state index is 12.7. The molecule has 1 heterocycles. The van der Waals surface area contributed by atoms with Crippen molar-refractivity contribution < 1.29 is 8.42 Å². The average Bonchev–Trinajstić information content (AvgIpc) is 2.57. The van der Waals surface area contributed by atoms with Crippen molar-refractivity contribution in [2.24, 2.45) is 0 Å². The molecule has 1 N–H and O–H groups in total. The van der Waals surface area contributed by atoms with Crippen molar-refractivity contribution in [2.45, 2.75) is 30.2 Å². The SMILES string of the molecule is C[C@H]1CN(Cc2ccccc2CS(=O)(=O)c2ccccc2)CCN1. The minimum absolute atomic E-state index is 0.0504. The third-order valence-electron chi connectivity index (χ3n) is 4.41. The fraction of sp³-hybridized carbons (Fsp3) is 0.368. The fourth-order valence-electron chi connectivity index (χ4n) is 3.17. The number of hydrogen-bond acceptors (Lipinski definition) is 4. The molecule has 0 unspecified atom stereocenters. The lowest BCUT2D eigenvalue weighted by atomic mass is 10.1. The van der Waals surface area contributed by atoms with Crippen LogP contribution in [0, 0.1) is 0 Å². The van der Waals surface area contributed by atoms with Crippen LogP contribution in [0.5, 0.6) is 0 Å². The van der Waals surface area contributed by atoms with E-state index in [2.05, 4.69) is 17.1 Å². The summed E-state index contributed by atoms with van der Waals surface area (Å²) in [5.41, 5.74) is 2.00. The van der Waals surface area contributed by atoms with Crippen molar-refractivity contribution >= 4 is 9.84 Å². The van der Waals surface area contributed by atoms with Gasteiger partial charge in [0.05, 0.1) is 10.6 Å². The van der Waals surface area contributed by atoms with Crippen LogP contribution in [0.15, 0.2) is 59.5 Å². The third kappa shape index (κ3) is 4.23. The molecule has 0 amide bonds. The molecular weight excluding hydrogens is 320 g/mol. The van der Waals surface area contributed by atoms with E-state index >= 15 is 0 Å². The van der Waals surface area contributed by atoms with Gasteiger partial charge >= 0.3 is 0 Å². The number of nitrogens with zero attached hydrogens (tertiary/aromatic N) is 1. The van der Waals surface area contributed by atoms with Gasteiger partial charge in [-0.1, -0.05) is 42.5 Å². The Morgan fingerprint density at radius 2 is 1.71 bits per heavy atom. The van der Waals surface area contributed by atoms with Gasteiger partial charge in [-0.25, -0.2) is 8.42 Å². The Bertz CT molecular complexity index is 775. The summed E-state index contributed by atoms with van der Waals surface area (Å²) in [6, 6.07) is 17.0. The quantitative estimate of drug-likeness (QED) is 0.905. The van der Waals surface area contributed by atoms with Crippen LogP contribution in [0.1, 0.15) is 18.1 Å². The molecule has 0 spiro atoms. The largest absolute Gasteiger partial charge is 0.312 e. The maximum absolute atomic E-state index is 12.7. The van der Waals surface area contributed by atoms with Crippen molar-refractivity contribution in [2.75, 3.05) is 19.6 Å². The first-order valence-electron chi connectivity index (χ1n) is 8.35. The Morgan fingerprint density at radius 1 is 1.04 bits per heavy atom.